The molecule has 0 radical (unpaired) electrons. The lowest BCUT2D eigenvalue weighted by molar-refractivity contribution is -0.123. The molecule has 1 aromatic heterocycles. The molecule has 0 aliphatic carbocycles. The molecular weight excluding hydrogens is 353 g/mol. The van der Waals surface area contributed by atoms with Gasteiger partial charge < -0.3 is 9.80 Å². The fourth-order valence-electron chi connectivity index (χ4n) is 3.91. The van der Waals surface area contributed by atoms with Gasteiger partial charge in [-0.2, -0.15) is 0 Å². The average Bonchev–Trinajstić information content (AvgIpc) is 2.68. The van der Waals surface area contributed by atoms with Gasteiger partial charge in [0.05, 0.1) is 5.02 Å². The highest BCUT2D eigenvalue weighted by Crippen LogP contribution is 2.31. The Labute approximate surface area is 157 Å². The number of amides is 1. The Morgan fingerprint density at radius 1 is 1.15 bits per heavy atom. The molecule has 2 aliphatic rings. The standard InChI is InChI=1S/C20H21ClFN3O/c21-16-4-6-19(23-13-16)24-10-7-15(8-11-24)20(26)25-9-1-2-14-3-5-17(22)12-18(14)25/h3-6,12-13,15H,1-2,7-11H2. The van der Waals surface area contributed by atoms with Crippen LogP contribution in [0.2, 0.25) is 5.02 Å². The minimum atomic E-state index is -0.285. The Morgan fingerprint density at radius 3 is 2.69 bits per heavy atom. The highest BCUT2D eigenvalue weighted by Gasteiger charge is 2.31. The Bertz CT molecular complexity index is 803. The molecule has 2 aromatic rings. The second-order valence-electron chi connectivity index (χ2n) is 6.96. The molecule has 2 aliphatic heterocycles. The molecule has 0 spiro atoms. The van der Waals surface area contributed by atoms with Crippen molar-refractivity contribution >= 4 is 29.0 Å². The molecule has 4 rings (SSSR count). The van der Waals surface area contributed by atoms with E-state index in [4.69, 9.17) is 11.6 Å². The van der Waals surface area contributed by atoms with Crippen LogP contribution in [-0.2, 0) is 11.2 Å². The molecule has 0 atom stereocenters. The van der Waals surface area contributed by atoms with Crippen molar-refractivity contribution in [1.29, 1.82) is 0 Å². The van der Waals surface area contributed by atoms with Crippen LogP contribution in [0.25, 0.3) is 0 Å². The Balaban J connectivity index is 1.44. The topological polar surface area (TPSA) is 36.4 Å². The Kier molecular flexibility index (Phi) is 4.81. The molecule has 1 fully saturated rings. The predicted octanol–water partition coefficient (Wildman–Crippen LogP) is 4.07. The summed E-state index contributed by atoms with van der Waals surface area (Å²) < 4.78 is 13.7. The van der Waals surface area contributed by atoms with Crippen LogP contribution in [0.5, 0.6) is 0 Å². The highest BCUT2D eigenvalue weighted by molar-refractivity contribution is 6.30. The molecule has 1 saturated heterocycles. The molecule has 1 amide bonds. The normalized spacial score (nSPS) is 17.9. The summed E-state index contributed by atoms with van der Waals surface area (Å²) in [6, 6.07) is 8.52. The van der Waals surface area contributed by atoms with Gasteiger partial charge in [0.2, 0.25) is 5.91 Å². The third-order valence-electron chi connectivity index (χ3n) is 5.31. The SMILES string of the molecule is O=C(C1CCN(c2ccc(Cl)cn2)CC1)N1CCCc2ccc(F)cc21. The first-order valence-electron chi connectivity index (χ1n) is 9.08. The smallest absolute Gasteiger partial charge is 0.230 e. The van der Waals surface area contributed by atoms with E-state index < -0.39 is 0 Å². The summed E-state index contributed by atoms with van der Waals surface area (Å²) in [6.45, 7) is 2.25. The van der Waals surface area contributed by atoms with Crippen LogP contribution in [0, 0.1) is 11.7 Å². The fourth-order valence-corrected chi connectivity index (χ4v) is 4.02. The van der Waals surface area contributed by atoms with Gasteiger partial charge >= 0.3 is 0 Å². The number of benzene rings is 1. The van der Waals surface area contributed by atoms with Gasteiger partial charge in [-0.1, -0.05) is 17.7 Å². The molecule has 0 unspecified atom stereocenters. The first kappa shape index (κ1) is 17.3. The molecule has 6 heteroatoms. The second kappa shape index (κ2) is 7.23. The lowest BCUT2D eigenvalue weighted by atomic mass is 9.93. The van der Waals surface area contributed by atoms with Gasteiger partial charge in [-0.25, -0.2) is 9.37 Å². The summed E-state index contributed by atoms with van der Waals surface area (Å²) in [6.07, 6.45) is 5.04. The van der Waals surface area contributed by atoms with Crippen LogP contribution < -0.4 is 9.80 Å². The monoisotopic (exact) mass is 373 g/mol. The molecule has 1 aromatic carbocycles. The lowest BCUT2D eigenvalue weighted by Gasteiger charge is -2.36. The molecule has 0 bridgehead atoms. The number of rotatable bonds is 2. The quantitative estimate of drug-likeness (QED) is 0.796. The number of carbonyl (C=O) groups excluding carboxylic acids is 1. The Hall–Kier alpha value is -2.14. The maximum Gasteiger partial charge on any atom is 0.230 e. The van der Waals surface area contributed by atoms with Crippen LogP contribution in [0.15, 0.2) is 36.5 Å². The zero-order chi connectivity index (χ0) is 18.1. The van der Waals surface area contributed by atoms with Crippen molar-refractivity contribution in [3.63, 3.8) is 0 Å². The van der Waals surface area contributed by atoms with Crippen molar-refractivity contribution in [2.45, 2.75) is 25.7 Å². The van der Waals surface area contributed by atoms with Crippen LogP contribution >= 0.6 is 11.6 Å². The number of anilines is 2. The van der Waals surface area contributed by atoms with Crippen molar-refractivity contribution in [1.82, 2.24) is 4.98 Å². The zero-order valence-electron chi connectivity index (χ0n) is 14.5. The maximum absolute atomic E-state index is 13.7. The summed E-state index contributed by atoms with van der Waals surface area (Å²) in [5.74, 6) is 0.714. The third-order valence-corrected chi connectivity index (χ3v) is 5.54. The molecule has 0 saturated carbocycles. The average molecular weight is 374 g/mol. The van der Waals surface area contributed by atoms with Gasteiger partial charge in [-0.05, 0) is 55.5 Å². The van der Waals surface area contributed by atoms with E-state index in [9.17, 15) is 9.18 Å². The van der Waals surface area contributed by atoms with Gasteiger partial charge in [0.15, 0.2) is 0 Å². The van der Waals surface area contributed by atoms with Crippen LogP contribution in [-0.4, -0.2) is 30.5 Å². The molecule has 3 heterocycles. The van der Waals surface area contributed by atoms with Crippen LogP contribution in [0.3, 0.4) is 0 Å². The third kappa shape index (κ3) is 3.40. The number of nitrogens with zero attached hydrogens (tertiary/aromatic N) is 3. The van der Waals surface area contributed by atoms with E-state index in [0.29, 0.717) is 11.6 Å². The van der Waals surface area contributed by atoms with E-state index >= 15 is 0 Å². The van der Waals surface area contributed by atoms with Crippen molar-refractivity contribution in [2.75, 3.05) is 29.4 Å². The number of aryl methyl sites for hydroxylation is 1. The van der Waals surface area contributed by atoms with Gasteiger partial charge in [-0.15, -0.1) is 0 Å². The zero-order valence-corrected chi connectivity index (χ0v) is 15.3. The maximum atomic E-state index is 13.7. The fraction of sp³-hybridized carbons (Fsp3) is 0.400. The van der Waals surface area contributed by atoms with Gasteiger partial charge in [0, 0.05) is 37.4 Å². The number of carbonyl (C=O) groups is 1. The molecular formula is C20H21ClFN3O. The number of piperidine rings is 1. The van der Waals surface area contributed by atoms with E-state index in [1.807, 2.05) is 12.1 Å². The van der Waals surface area contributed by atoms with E-state index in [2.05, 4.69) is 9.88 Å². The van der Waals surface area contributed by atoms with Gasteiger partial charge in [0.25, 0.3) is 0 Å². The number of hydrogen-bond acceptors (Lipinski definition) is 3. The minimum absolute atomic E-state index is 0.0206. The van der Waals surface area contributed by atoms with E-state index in [1.54, 1.807) is 17.2 Å². The van der Waals surface area contributed by atoms with Gasteiger partial charge in [-0.3, -0.25) is 4.79 Å². The number of halogens is 2. The highest BCUT2D eigenvalue weighted by atomic mass is 35.5. The van der Waals surface area contributed by atoms with E-state index in [0.717, 1.165) is 55.8 Å². The molecule has 136 valence electrons. The van der Waals surface area contributed by atoms with Crippen molar-refractivity contribution in [2.24, 2.45) is 5.92 Å². The number of pyridine rings is 1. The summed E-state index contributed by atoms with van der Waals surface area (Å²) in [7, 11) is 0. The van der Waals surface area contributed by atoms with Crippen molar-refractivity contribution in [3.05, 3.63) is 52.9 Å². The first-order chi connectivity index (χ1) is 12.6. The summed E-state index contributed by atoms with van der Waals surface area (Å²) in [5, 5.41) is 0.620. The summed E-state index contributed by atoms with van der Waals surface area (Å²) in [4.78, 5) is 21.4. The van der Waals surface area contributed by atoms with Crippen molar-refractivity contribution in [3.8, 4) is 0 Å². The minimum Gasteiger partial charge on any atom is -0.357 e. The van der Waals surface area contributed by atoms with E-state index in [1.165, 1.54) is 12.1 Å². The van der Waals surface area contributed by atoms with Crippen LogP contribution in [0.4, 0.5) is 15.9 Å². The predicted molar refractivity (Wildman–Crippen MR) is 101 cm³/mol. The Morgan fingerprint density at radius 2 is 1.96 bits per heavy atom. The van der Waals surface area contributed by atoms with Crippen LogP contribution in [0.1, 0.15) is 24.8 Å². The van der Waals surface area contributed by atoms with Crippen molar-refractivity contribution < 1.29 is 9.18 Å². The largest absolute Gasteiger partial charge is 0.357 e. The van der Waals surface area contributed by atoms with E-state index in [-0.39, 0.29) is 17.6 Å². The molecule has 0 N–H and O–H groups in total. The lowest BCUT2D eigenvalue weighted by Crippen LogP contribution is -2.44. The second-order valence-corrected chi connectivity index (χ2v) is 7.40. The first-order valence-corrected chi connectivity index (χ1v) is 9.46. The molecule has 4 nitrogen and oxygen atoms in total. The number of hydrogen-bond donors (Lipinski definition) is 0. The van der Waals surface area contributed by atoms with Gasteiger partial charge in [0.1, 0.15) is 11.6 Å². The molecule has 26 heavy (non-hydrogen) atoms. The summed E-state index contributed by atoms with van der Waals surface area (Å²) >= 11 is 5.90. The number of aromatic nitrogens is 1. The summed E-state index contributed by atoms with van der Waals surface area (Å²) in [5.41, 5.74) is 1.82. The number of fused-ring (bicyclic) bond motifs is 1.